The highest BCUT2D eigenvalue weighted by atomic mass is 16.5. The summed E-state index contributed by atoms with van der Waals surface area (Å²) < 4.78 is 11.0. The molecule has 1 aliphatic heterocycles. The van der Waals surface area contributed by atoms with Gasteiger partial charge in [0.1, 0.15) is 0 Å². The number of hydrogen-bond acceptors (Lipinski definition) is 3. The lowest BCUT2D eigenvalue weighted by molar-refractivity contribution is 0.258. The fourth-order valence-corrected chi connectivity index (χ4v) is 3.45. The van der Waals surface area contributed by atoms with Gasteiger partial charge in [0.05, 0.1) is 14.2 Å². The zero-order valence-electron chi connectivity index (χ0n) is 14.4. The Morgan fingerprint density at radius 3 is 2.30 bits per heavy atom. The highest BCUT2D eigenvalue weighted by Gasteiger charge is 2.28. The fraction of sp³-hybridized carbons (Fsp3) is 0.400. The molecule has 0 fully saturated rings. The molecule has 3 rings (SSSR count). The standard InChI is InChI=1S/C20H25NO2/c1-14-10-16-11-19(22-3)20(23-4)12-17(16)18(13-21(14)2)15-8-6-5-7-9-15/h5-9,11-12,14,18H,10,13H2,1-4H3/t14?,18-/m0/s1. The van der Waals surface area contributed by atoms with Gasteiger partial charge in [0.25, 0.3) is 0 Å². The summed E-state index contributed by atoms with van der Waals surface area (Å²) in [6.07, 6.45) is 1.02. The molecule has 0 bridgehead atoms. The number of rotatable bonds is 3. The Labute approximate surface area is 138 Å². The largest absolute Gasteiger partial charge is 0.493 e. The monoisotopic (exact) mass is 311 g/mol. The van der Waals surface area contributed by atoms with E-state index in [-0.39, 0.29) is 0 Å². The van der Waals surface area contributed by atoms with Gasteiger partial charge in [0.2, 0.25) is 0 Å². The van der Waals surface area contributed by atoms with E-state index in [2.05, 4.69) is 61.3 Å². The average molecular weight is 311 g/mol. The van der Waals surface area contributed by atoms with Crippen molar-refractivity contribution in [1.82, 2.24) is 4.90 Å². The third-order valence-electron chi connectivity index (χ3n) is 4.96. The van der Waals surface area contributed by atoms with Gasteiger partial charge in [-0.1, -0.05) is 30.3 Å². The Morgan fingerprint density at radius 1 is 1.00 bits per heavy atom. The van der Waals surface area contributed by atoms with Crippen LogP contribution in [-0.4, -0.2) is 38.8 Å². The van der Waals surface area contributed by atoms with Crippen molar-refractivity contribution in [3.05, 3.63) is 59.2 Å². The van der Waals surface area contributed by atoms with E-state index in [0.29, 0.717) is 12.0 Å². The summed E-state index contributed by atoms with van der Waals surface area (Å²) >= 11 is 0. The van der Waals surface area contributed by atoms with Gasteiger partial charge < -0.3 is 14.4 Å². The molecule has 0 amide bonds. The van der Waals surface area contributed by atoms with Gasteiger partial charge in [0.15, 0.2) is 11.5 Å². The topological polar surface area (TPSA) is 21.7 Å². The quantitative estimate of drug-likeness (QED) is 0.862. The van der Waals surface area contributed by atoms with E-state index in [9.17, 15) is 0 Å². The maximum Gasteiger partial charge on any atom is 0.161 e. The maximum absolute atomic E-state index is 5.54. The van der Waals surface area contributed by atoms with E-state index in [0.717, 1.165) is 24.5 Å². The SMILES string of the molecule is COc1cc2c(cc1OC)[C@H](c1ccccc1)CN(C)C(C)C2. The lowest BCUT2D eigenvalue weighted by Crippen LogP contribution is -2.32. The number of benzene rings is 2. The van der Waals surface area contributed by atoms with Crippen molar-refractivity contribution >= 4 is 0 Å². The molecule has 1 unspecified atom stereocenters. The second-order valence-corrected chi connectivity index (χ2v) is 6.36. The summed E-state index contributed by atoms with van der Waals surface area (Å²) in [6.45, 7) is 3.29. The Hall–Kier alpha value is -2.00. The first kappa shape index (κ1) is 15.9. The molecule has 0 spiro atoms. The van der Waals surface area contributed by atoms with Crippen molar-refractivity contribution in [2.75, 3.05) is 27.8 Å². The van der Waals surface area contributed by atoms with Crippen LogP contribution in [0.2, 0.25) is 0 Å². The van der Waals surface area contributed by atoms with Gasteiger partial charge in [-0.15, -0.1) is 0 Å². The molecule has 0 aromatic heterocycles. The molecule has 1 aliphatic rings. The fourth-order valence-electron chi connectivity index (χ4n) is 3.45. The third kappa shape index (κ3) is 3.06. The summed E-state index contributed by atoms with van der Waals surface area (Å²) in [5.74, 6) is 1.97. The van der Waals surface area contributed by atoms with E-state index in [1.165, 1.54) is 16.7 Å². The van der Waals surface area contributed by atoms with Crippen LogP contribution < -0.4 is 9.47 Å². The molecule has 0 radical (unpaired) electrons. The van der Waals surface area contributed by atoms with Crippen LogP contribution in [0, 0.1) is 0 Å². The van der Waals surface area contributed by atoms with E-state index >= 15 is 0 Å². The first-order chi connectivity index (χ1) is 11.1. The van der Waals surface area contributed by atoms with Crippen molar-refractivity contribution in [1.29, 1.82) is 0 Å². The summed E-state index contributed by atoms with van der Waals surface area (Å²) in [4.78, 5) is 2.44. The second kappa shape index (κ2) is 6.63. The second-order valence-electron chi connectivity index (χ2n) is 6.36. The molecule has 3 nitrogen and oxygen atoms in total. The predicted molar refractivity (Wildman–Crippen MR) is 93.6 cm³/mol. The number of fused-ring (bicyclic) bond motifs is 1. The summed E-state index contributed by atoms with van der Waals surface area (Å²) in [7, 11) is 5.61. The van der Waals surface area contributed by atoms with Gasteiger partial charge in [-0.3, -0.25) is 0 Å². The first-order valence-corrected chi connectivity index (χ1v) is 8.14. The van der Waals surface area contributed by atoms with Crippen molar-refractivity contribution in [2.24, 2.45) is 0 Å². The summed E-state index contributed by atoms with van der Waals surface area (Å²) in [6, 6.07) is 15.6. The predicted octanol–water partition coefficient (Wildman–Crippen LogP) is 3.71. The third-order valence-corrected chi connectivity index (χ3v) is 4.96. The van der Waals surface area contributed by atoms with Gasteiger partial charge in [-0.05, 0) is 49.2 Å². The molecule has 23 heavy (non-hydrogen) atoms. The molecule has 2 aromatic rings. The lowest BCUT2D eigenvalue weighted by atomic mass is 9.87. The highest BCUT2D eigenvalue weighted by molar-refractivity contribution is 5.51. The maximum atomic E-state index is 5.54. The molecule has 2 aromatic carbocycles. The molecular formula is C20H25NO2. The minimum atomic E-state index is 0.348. The van der Waals surface area contributed by atoms with Crippen molar-refractivity contribution < 1.29 is 9.47 Å². The molecule has 0 aliphatic carbocycles. The van der Waals surface area contributed by atoms with Crippen molar-refractivity contribution in [3.8, 4) is 11.5 Å². The van der Waals surface area contributed by atoms with Gasteiger partial charge in [-0.25, -0.2) is 0 Å². The smallest absolute Gasteiger partial charge is 0.161 e. The van der Waals surface area contributed by atoms with Crippen LogP contribution in [-0.2, 0) is 6.42 Å². The summed E-state index contributed by atoms with van der Waals surface area (Å²) in [5.41, 5.74) is 4.06. The van der Waals surface area contributed by atoms with Crippen LogP contribution in [0.4, 0.5) is 0 Å². The Morgan fingerprint density at radius 2 is 1.65 bits per heavy atom. The van der Waals surface area contributed by atoms with Crippen LogP contribution in [0.1, 0.15) is 29.5 Å². The van der Waals surface area contributed by atoms with E-state index in [4.69, 9.17) is 9.47 Å². The normalized spacial score (nSPS) is 21.4. The average Bonchev–Trinajstić information content (AvgIpc) is 2.71. The van der Waals surface area contributed by atoms with Crippen LogP contribution >= 0.6 is 0 Å². The number of likely N-dealkylation sites (N-methyl/N-ethyl adjacent to an activating group) is 1. The number of hydrogen-bond donors (Lipinski definition) is 0. The first-order valence-electron chi connectivity index (χ1n) is 8.14. The van der Waals surface area contributed by atoms with E-state index in [1.54, 1.807) is 14.2 Å². The van der Waals surface area contributed by atoms with Gasteiger partial charge in [-0.2, -0.15) is 0 Å². The van der Waals surface area contributed by atoms with Crippen LogP contribution in [0.5, 0.6) is 11.5 Å². The minimum absolute atomic E-state index is 0.348. The molecule has 1 heterocycles. The molecular weight excluding hydrogens is 286 g/mol. The lowest BCUT2D eigenvalue weighted by Gasteiger charge is -2.25. The van der Waals surface area contributed by atoms with Crippen molar-refractivity contribution in [2.45, 2.75) is 25.3 Å². The van der Waals surface area contributed by atoms with Gasteiger partial charge >= 0.3 is 0 Å². The number of methoxy groups -OCH3 is 2. The van der Waals surface area contributed by atoms with E-state index < -0.39 is 0 Å². The molecule has 122 valence electrons. The molecule has 0 N–H and O–H groups in total. The number of nitrogens with zero attached hydrogens (tertiary/aromatic N) is 1. The van der Waals surface area contributed by atoms with Crippen LogP contribution in [0.3, 0.4) is 0 Å². The van der Waals surface area contributed by atoms with Crippen LogP contribution in [0.25, 0.3) is 0 Å². The molecule has 2 atom stereocenters. The Kier molecular flexibility index (Phi) is 4.58. The van der Waals surface area contributed by atoms with E-state index in [1.807, 2.05) is 0 Å². The Bertz CT molecular complexity index is 669. The highest BCUT2D eigenvalue weighted by Crippen LogP contribution is 2.39. The molecule has 3 heteroatoms. The van der Waals surface area contributed by atoms with Gasteiger partial charge in [0, 0.05) is 18.5 Å². The summed E-state index contributed by atoms with van der Waals surface area (Å²) in [5, 5.41) is 0. The Balaban J connectivity index is 2.15. The number of ether oxygens (including phenoxy) is 2. The minimum Gasteiger partial charge on any atom is -0.493 e. The molecule has 0 saturated heterocycles. The molecule has 0 saturated carbocycles. The zero-order valence-corrected chi connectivity index (χ0v) is 14.4. The van der Waals surface area contributed by atoms with Crippen LogP contribution in [0.15, 0.2) is 42.5 Å². The zero-order chi connectivity index (χ0) is 16.4. The van der Waals surface area contributed by atoms with Crippen molar-refractivity contribution in [3.63, 3.8) is 0 Å².